The lowest BCUT2D eigenvalue weighted by Crippen LogP contribution is -2.13. The van der Waals surface area contributed by atoms with Crippen LogP contribution in [0.15, 0.2) is 48.5 Å². The Labute approximate surface area is 155 Å². The van der Waals surface area contributed by atoms with Gasteiger partial charge in [-0.1, -0.05) is 29.3 Å². The summed E-state index contributed by atoms with van der Waals surface area (Å²) >= 11 is 11.8. The number of carbonyl (C=O) groups is 2. The molecule has 0 aromatic heterocycles. The Balaban J connectivity index is 1.55. The summed E-state index contributed by atoms with van der Waals surface area (Å²) in [4.78, 5) is 23.7. The van der Waals surface area contributed by atoms with E-state index < -0.39 is 0 Å². The van der Waals surface area contributed by atoms with Gasteiger partial charge in [-0.25, -0.2) is 0 Å². The van der Waals surface area contributed by atoms with Crippen molar-refractivity contribution in [3.8, 4) is 0 Å². The van der Waals surface area contributed by atoms with Gasteiger partial charge in [0.05, 0.1) is 10.0 Å². The number of benzene rings is 2. The van der Waals surface area contributed by atoms with Crippen LogP contribution in [0.5, 0.6) is 0 Å². The smallest absolute Gasteiger partial charge is 0.248 e. The van der Waals surface area contributed by atoms with Crippen LogP contribution >= 0.6 is 23.2 Å². The molecule has 0 atom stereocenters. The van der Waals surface area contributed by atoms with Crippen molar-refractivity contribution in [1.29, 1.82) is 0 Å². The minimum atomic E-state index is -0.263. The van der Waals surface area contributed by atoms with Crippen LogP contribution in [0.4, 0.5) is 11.4 Å². The summed E-state index contributed by atoms with van der Waals surface area (Å²) in [6.45, 7) is 0. The molecule has 2 amide bonds. The first-order valence-electron chi connectivity index (χ1n) is 7.86. The van der Waals surface area contributed by atoms with Crippen LogP contribution in [-0.4, -0.2) is 11.8 Å². The van der Waals surface area contributed by atoms with Gasteiger partial charge in [-0.15, -0.1) is 0 Å². The minimum Gasteiger partial charge on any atom is -0.326 e. The molecule has 25 heavy (non-hydrogen) atoms. The number of hydrogen-bond acceptors (Lipinski definition) is 2. The predicted molar refractivity (Wildman–Crippen MR) is 102 cm³/mol. The highest BCUT2D eigenvalue weighted by Crippen LogP contribution is 2.30. The summed E-state index contributed by atoms with van der Waals surface area (Å²) in [5.41, 5.74) is 2.15. The minimum absolute atomic E-state index is 0.0568. The number of anilines is 2. The van der Waals surface area contributed by atoms with Crippen LogP contribution in [0.3, 0.4) is 0 Å². The summed E-state index contributed by atoms with van der Waals surface area (Å²) in [6.07, 6.45) is 5.00. The van der Waals surface area contributed by atoms with Gasteiger partial charge in [-0.2, -0.15) is 0 Å². The molecular formula is C19H16Cl2N2O2. The number of nitrogens with one attached hydrogen (secondary N) is 2. The van der Waals surface area contributed by atoms with Gasteiger partial charge in [0.15, 0.2) is 0 Å². The van der Waals surface area contributed by atoms with E-state index in [-0.39, 0.29) is 17.7 Å². The van der Waals surface area contributed by atoms with E-state index in [9.17, 15) is 9.59 Å². The van der Waals surface area contributed by atoms with Crippen LogP contribution in [-0.2, 0) is 9.59 Å². The van der Waals surface area contributed by atoms with Crippen molar-refractivity contribution in [3.63, 3.8) is 0 Å². The molecule has 128 valence electrons. The van der Waals surface area contributed by atoms with E-state index in [1.54, 1.807) is 48.5 Å². The predicted octanol–water partition coefficient (Wildman–Crippen LogP) is 4.99. The summed E-state index contributed by atoms with van der Waals surface area (Å²) in [6, 6.07) is 12.1. The topological polar surface area (TPSA) is 58.2 Å². The van der Waals surface area contributed by atoms with E-state index >= 15 is 0 Å². The zero-order valence-electron chi connectivity index (χ0n) is 13.3. The Morgan fingerprint density at radius 3 is 2.16 bits per heavy atom. The summed E-state index contributed by atoms with van der Waals surface area (Å²) in [7, 11) is 0. The second-order valence-electron chi connectivity index (χ2n) is 5.84. The standard InChI is InChI=1S/C19H16Cl2N2O2/c20-16-9-1-12(11-17(16)21)2-10-18(24)22-14-5-7-15(8-6-14)23-19(25)13-3-4-13/h1-2,5-11,13H,3-4H2,(H,22,24)(H,23,25)/b10-2+. The van der Waals surface area contributed by atoms with Crippen molar-refractivity contribution in [2.24, 2.45) is 5.92 Å². The Morgan fingerprint density at radius 1 is 0.920 bits per heavy atom. The molecule has 0 aliphatic heterocycles. The van der Waals surface area contributed by atoms with E-state index in [0.29, 0.717) is 15.7 Å². The molecule has 1 aliphatic carbocycles. The number of halogens is 2. The Hall–Kier alpha value is -2.30. The number of amides is 2. The van der Waals surface area contributed by atoms with E-state index in [0.717, 1.165) is 24.1 Å². The van der Waals surface area contributed by atoms with Crippen molar-refractivity contribution in [3.05, 3.63) is 64.1 Å². The Morgan fingerprint density at radius 2 is 1.56 bits per heavy atom. The first-order chi connectivity index (χ1) is 12.0. The third-order valence-corrected chi connectivity index (χ3v) is 4.48. The molecule has 2 aromatic rings. The average molecular weight is 375 g/mol. The first kappa shape index (κ1) is 17.5. The van der Waals surface area contributed by atoms with E-state index in [1.165, 1.54) is 6.08 Å². The highest BCUT2D eigenvalue weighted by molar-refractivity contribution is 6.42. The summed E-state index contributed by atoms with van der Waals surface area (Å²) in [5.74, 6) is -0.0481. The molecule has 1 fully saturated rings. The molecular weight excluding hydrogens is 359 g/mol. The fourth-order valence-corrected chi connectivity index (χ4v) is 2.51. The molecule has 1 aliphatic rings. The van der Waals surface area contributed by atoms with Crippen LogP contribution in [0.1, 0.15) is 18.4 Å². The lowest BCUT2D eigenvalue weighted by atomic mass is 10.2. The van der Waals surface area contributed by atoms with Gasteiger partial charge in [0.1, 0.15) is 0 Å². The third kappa shape index (κ3) is 5.08. The third-order valence-electron chi connectivity index (χ3n) is 3.74. The number of hydrogen-bond donors (Lipinski definition) is 2. The molecule has 0 saturated heterocycles. The molecule has 0 unspecified atom stereocenters. The Bertz CT molecular complexity index is 828. The van der Waals surface area contributed by atoms with Gasteiger partial charge in [-0.3, -0.25) is 9.59 Å². The molecule has 3 rings (SSSR count). The van der Waals surface area contributed by atoms with E-state index in [2.05, 4.69) is 10.6 Å². The fraction of sp³-hybridized carbons (Fsp3) is 0.158. The zero-order valence-corrected chi connectivity index (χ0v) is 14.8. The maximum absolute atomic E-state index is 12.0. The van der Waals surface area contributed by atoms with Crippen LogP contribution in [0, 0.1) is 5.92 Å². The highest BCUT2D eigenvalue weighted by atomic mass is 35.5. The van der Waals surface area contributed by atoms with Gasteiger partial charge >= 0.3 is 0 Å². The maximum atomic E-state index is 12.0. The van der Waals surface area contributed by atoms with Crippen molar-refractivity contribution in [2.75, 3.05) is 10.6 Å². The number of rotatable bonds is 5. The van der Waals surface area contributed by atoms with Gasteiger partial charge in [-0.05, 0) is 60.9 Å². The molecule has 0 heterocycles. The van der Waals surface area contributed by atoms with Gasteiger partial charge in [0.25, 0.3) is 0 Å². The molecule has 0 radical (unpaired) electrons. The molecule has 0 bridgehead atoms. The highest BCUT2D eigenvalue weighted by Gasteiger charge is 2.29. The quantitative estimate of drug-likeness (QED) is 0.723. The van der Waals surface area contributed by atoms with Crippen LogP contribution in [0.2, 0.25) is 10.0 Å². The molecule has 2 N–H and O–H groups in total. The first-order valence-corrected chi connectivity index (χ1v) is 8.62. The second kappa shape index (κ2) is 7.72. The maximum Gasteiger partial charge on any atom is 0.248 e. The van der Waals surface area contributed by atoms with Crippen LogP contribution in [0.25, 0.3) is 6.08 Å². The molecule has 0 spiro atoms. The van der Waals surface area contributed by atoms with Crippen LogP contribution < -0.4 is 10.6 Å². The van der Waals surface area contributed by atoms with Crippen molar-refractivity contribution in [2.45, 2.75) is 12.8 Å². The lowest BCUT2D eigenvalue weighted by molar-refractivity contribution is -0.117. The fourth-order valence-electron chi connectivity index (χ4n) is 2.20. The van der Waals surface area contributed by atoms with E-state index in [4.69, 9.17) is 23.2 Å². The normalized spacial score (nSPS) is 13.7. The van der Waals surface area contributed by atoms with Gasteiger partial charge in [0, 0.05) is 23.4 Å². The SMILES string of the molecule is O=C(/C=C/c1ccc(Cl)c(Cl)c1)Nc1ccc(NC(=O)C2CC2)cc1. The van der Waals surface area contributed by atoms with Crippen molar-refractivity contribution < 1.29 is 9.59 Å². The molecule has 4 nitrogen and oxygen atoms in total. The summed E-state index contributed by atoms with van der Waals surface area (Å²) < 4.78 is 0. The number of carbonyl (C=O) groups excluding carboxylic acids is 2. The summed E-state index contributed by atoms with van der Waals surface area (Å²) in [5, 5.41) is 6.52. The lowest BCUT2D eigenvalue weighted by Gasteiger charge is -2.06. The van der Waals surface area contributed by atoms with E-state index in [1.807, 2.05) is 0 Å². The average Bonchev–Trinajstić information content (AvgIpc) is 3.43. The van der Waals surface area contributed by atoms with Gasteiger partial charge < -0.3 is 10.6 Å². The second-order valence-corrected chi connectivity index (χ2v) is 6.65. The zero-order chi connectivity index (χ0) is 17.8. The van der Waals surface area contributed by atoms with Gasteiger partial charge in [0.2, 0.25) is 11.8 Å². The van der Waals surface area contributed by atoms with Crippen molar-refractivity contribution in [1.82, 2.24) is 0 Å². The van der Waals surface area contributed by atoms with Crippen molar-refractivity contribution >= 4 is 52.5 Å². The monoisotopic (exact) mass is 374 g/mol. The molecule has 2 aromatic carbocycles. The largest absolute Gasteiger partial charge is 0.326 e. The Kier molecular flexibility index (Phi) is 5.41. The molecule has 6 heteroatoms. The molecule has 1 saturated carbocycles.